The topological polar surface area (TPSA) is 38.5 Å². The zero-order chi connectivity index (χ0) is 14.4. The average molecular weight is 276 g/mol. The molecule has 1 aliphatic rings. The number of nitrogens with zero attached hydrogens (tertiary/aromatic N) is 1. The van der Waals surface area contributed by atoms with Crippen LogP contribution in [-0.4, -0.2) is 37.7 Å². The van der Waals surface area contributed by atoms with Gasteiger partial charge in [-0.15, -0.1) is 0 Å². The first kappa shape index (κ1) is 15.5. The fourth-order valence-corrected chi connectivity index (χ4v) is 3.01. The molecule has 1 aromatic rings. The lowest BCUT2D eigenvalue weighted by atomic mass is 9.95. The normalized spacial score (nSPS) is 25.6. The van der Waals surface area contributed by atoms with Crippen molar-refractivity contribution >= 4 is 0 Å². The summed E-state index contributed by atoms with van der Waals surface area (Å²) in [5.41, 5.74) is 7.49. The van der Waals surface area contributed by atoms with Gasteiger partial charge in [-0.25, -0.2) is 0 Å². The van der Waals surface area contributed by atoms with Gasteiger partial charge in [-0.2, -0.15) is 0 Å². The SMILES string of the molecule is COC1CN(CCCC(N)c2ccccc2)CCC1C. The summed E-state index contributed by atoms with van der Waals surface area (Å²) in [6, 6.07) is 10.6. The Kier molecular flexibility index (Phi) is 6.02. The highest BCUT2D eigenvalue weighted by Crippen LogP contribution is 2.21. The van der Waals surface area contributed by atoms with Gasteiger partial charge in [0.25, 0.3) is 0 Å². The van der Waals surface area contributed by atoms with Crippen LogP contribution in [0.15, 0.2) is 30.3 Å². The zero-order valence-corrected chi connectivity index (χ0v) is 12.8. The molecule has 0 spiro atoms. The summed E-state index contributed by atoms with van der Waals surface area (Å²) in [7, 11) is 1.83. The van der Waals surface area contributed by atoms with Gasteiger partial charge >= 0.3 is 0 Å². The quantitative estimate of drug-likeness (QED) is 0.868. The third kappa shape index (κ3) is 4.30. The molecule has 0 radical (unpaired) electrons. The van der Waals surface area contributed by atoms with Gasteiger partial charge in [0.1, 0.15) is 0 Å². The van der Waals surface area contributed by atoms with Crippen LogP contribution < -0.4 is 5.73 Å². The van der Waals surface area contributed by atoms with E-state index in [-0.39, 0.29) is 6.04 Å². The van der Waals surface area contributed by atoms with Crippen molar-refractivity contribution in [2.45, 2.75) is 38.3 Å². The maximum absolute atomic E-state index is 6.24. The molecular weight excluding hydrogens is 248 g/mol. The minimum absolute atomic E-state index is 0.165. The second-order valence-corrected chi connectivity index (χ2v) is 6.00. The molecular formula is C17H28N2O. The maximum Gasteiger partial charge on any atom is 0.0724 e. The standard InChI is InChI=1S/C17H28N2O/c1-14-10-12-19(13-17(14)20-2)11-6-9-16(18)15-7-4-3-5-8-15/h3-5,7-8,14,16-17H,6,9-13,18H2,1-2H3. The molecule has 3 heteroatoms. The highest BCUT2D eigenvalue weighted by atomic mass is 16.5. The fourth-order valence-electron chi connectivity index (χ4n) is 3.01. The second kappa shape index (κ2) is 7.77. The molecule has 1 fully saturated rings. The second-order valence-electron chi connectivity index (χ2n) is 6.00. The number of hydrogen-bond donors (Lipinski definition) is 1. The number of hydrogen-bond acceptors (Lipinski definition) is 3. The minimum atomic E-state index is 0.165. The molecule has 0 aromatic heterocycles. The summed E-state index contributed by atoms with van der Waals surface area (Å²) in [5, 5.41) is 0. The summed E-state index contributed by atoms with van der Waals surface area (Å²) in [6.07, 6.45) is 3.84. The Morgan fingerprint density at radius 2 is 2.10 bits per heavy atom. The number of piperidine rings is 1. The van der Waals surface area contributed by atoms with Crippen LogP contribution in [0.4, 0.5) is 0 Å². The predicted octanol–water partition coefficient (Wildman–Crippen LogP) is 2.82. The minimum Gasteiger partial charge on any atom is -0.380 e. The Morgan fingerprint density at radius 1 is 1.35 bits per heavy atom. The van der Waals surface area contributed by atoms with E-state index >= 15 is 0 Å². The van der Waals surface area contributed by atoms with E-state index in [1.807, 2.05) is 13.2 Å². The molecule has 20 heavy (non-hydrogen) atoms. The van der Waals surface area contributed by atoms with Crippen molar-refractivity contribution in [3.63, 3.8) is 0 Å². The van der Waals surface area contributed by atoms with E-state index in [1.54, 1.807) is 0 Å². The molecule has 1 aromatic carbocycles. The molecule has 3 nitrogen and oxygen atoms in total. The molecule has 1 heterocycles. The van der Waals surface area contributed by atoms with Gasteiger partial charge in [-0.3, -0.25) is 0 Å². The molecule has 1 aliphatic heterocycles. The van der Waals surface area contributed by atoms with Gasteiger partial charge in [0.05, 0.1) is 6.10 Å². The summed E-state index contributed by atoms with van der Waals surface area (Å²) in [4.78, 5) is 2.52. The van der Waals surface area contributed by atoms with Gasteiger partial charge in [-0.05, 0) is 43.8 Å². The van der Waals surface area contributed by atoms with E-state index in [0.29, 0.717) is 12.0 Å². The van der Waals surface area contributed by atoms with Crippen molar-refractivity contribution < 1.29 is 4.74 Å². The Hall–Kier alpha value is -0.900. The number of likely N-dealkylation sites (tertiary alicyclic amines) is 1. The Labute approximate surface area is 123 Å². The van der Waals surface area contributed by atoms with Gasteiger partial charge in [0.15, 0.2) is 0 Å². The smallest absolute Gasteiger partial charge is 0.0724 e. The molecule has 3 unspecified atom stereocenters. The number of methoxy groups -OCH3 is 1. The third-order valence-electron chi connectivity index (χ3n) is 4.49. The number of ether oxygens (including phenoxy) is 1. The van der Waals surface area contributed by atoms with E-state index in [2.05, 4.69) is 36.1 Å². The van der Waals surface area contributed by atoms with Gasteiger partial charge in [0.2, 0.25) is 0 Å². The van der Waals surface area contributed by atoms with Crippen molar-refractivity contribution in [1.29, 1.82) is 0 Å². The number of rotatable bonds is 6. The molecule has 0 saturated carbocycles. The van der Waals surface area contributed by atoms with Crippen LogP contribution in [0.25, 0.3) is 0 Å². The van der Waals surface area contributed by atoms with Gasteiger partial charge < -0.3 is 15.4 Å². The Balaban J connectivity index is 1.71. The predicted molar refractivity (Wildman–Crippen MR) is 83.6 cm³/mol. The van der Waals surface area contributed by atoms with Crippen LogP contribution in [0.1, 0.15) is 37.8 Å². The summed E-state index contributed by atoms with van der Waals surface area (Å²) >= 11 is 0. The highest BCUT2D eigenvalue weighted by molar-refractivity contribution is 5.18. The van der Waals surface area contributed by atoms with Crippen LogP contribution in [0.2, 0.25) is 0 Å². The van der Waals surface area contributed by atoms with Crippen molar-refractivity contribution in [3.05, 3.63) is 35.9 Å². The molecule has 3 atom stereocenters. The molecule has 2 rings (SSSR count). The van der Waals surface area contributed by atoms with Crippen LogP contribution >= 0.6 is 0 Å². The lowest BCUT2D eigenvalue weighted by Gasteiger charge is -2.36. The zero-order valence-electron chi connectivity index (χ0n) is 12.8. The van der Waals surface area contributed by atoms with Crippen molar-refractivity contribution in [2.75, 3.05) is 26.7 Å². The average Bonchev–Trinajstić information content (AvgIpc) is 2.49. The number of benzene rings is 1. The Morgan fingerprint density at radius 3 is 2.80 bits per heavy atom. The molecule has 0 bridgehead atoms. The molecule has 112 valence electrons. The van der Waals surface area contributed by atoms with Crippen molar-refractivity contribution in [2.24, 2.45) is 11.7 Å². The van der Waals surface area contributed by atoms with Crippen molar-refractivity contribution in [3.8, 4) is 0 Å². The van der Waals surface area contributed by atoms with E-state index < -0.39 is 0 Å². The van der Waals surface area contributed by atoms with Crippen LogP contribution in [-0.2, 0) is 4.74 Å². The van der Waals surface area contributed by atoms with Crippen LogP contribution in [0, 0.1) is 5.92 Å². The first-order valence-electron chi connectivity index (χ1n) is 7.76. The van der Waals surface area contributed by atoms with E-state index in [4.69, 9.17) is 10.5 Å². The third-order valence-corrected chi connectivity index (χ3v) is 4.49. The summed E-state index contributed by atoms with van der Waals surface area (Å²) in [6.45, 7) is 5.68. The molecule has 0 amide bonds. The maximum atomic E-state index is 6.24. The lowest BCUT2D eigenvalue weighted by Crippen LogP contribution is -2.44. The largest absolute Gasteiger partial charge is 0.380 e. The Bertz CT molecular complexity index is 382. The molecule has 2 N–H and O–H groups in total. The first-order valence-corrected chi connectivity index (χ1v) is 7.76. The highest BCUT2D eigenvalue weighted by Gasteiger charge is 2.25. The van der Waals surface area contributed by atoms with Crippen LogP contribution in [0.3, 0.4) is 0 Å². The molecule has 0 aliphatic carbocycles. The molecule has 1 saturated heterocycles. The summed E-state index contributed by atoms with van der Waals surface area (Å²) in [5.74, 6) is 0.683. The van der Waals surface area contributed by atoms with Crippen molar-refractivity contribution in [1.82, 2.24) is 4.90 Å². The monoisotopic (exact) mass is 276 g/mol. The first-order chi connectivity index (χ1) is 9.70. The van der Waals surface area contributed by atoms with E-state index in [9.17, 15) is 0 Å². The van der Waals surface area contributed by atoms with Gasteiger partial charge in [-0.1, -0.05) is 37.3 Å². The van der Waals surface area contributed by atoms with Crippen LogP contribution in [0.5, 0.6) is 0 Å². The number of nitrogens with two attached hydrogens (primary N) is 1. The fraction of sp³-hybridized carbons (Fsp3) is 0.647. The lowest BCUT2D eigenvalue weighted by molar-refractivity contribution is -0.00533. The van der Waals surface area contributed by atoms with Gasteiger partial charge in [0, 0.05) is 19.7 Å². The van der Waals surface area contributed by atoms with E-state index in [0.717, 1.165) is 25.9 Å². The van der Waals surface area contributed by atoms with E-state index in [1.165, 1.54) is 18.5 Å². The summed E-state index contributed by atoms with van der Waals surface area (Å²) < 4.78 is 5.56.